The maximum atomic E-state index is 13.1. The molecule has 2 amide bonds. The molecule has 3 rings (SSSR count). The number of carbonyl (C=O) groups excluding carboxylic acids is 2. The van der Waals surface area contributed by atoms with E-state index in [2.05, 4.69) is 10.3 Å². The van der Waals surface area contributed by atoms with E-state index in [1.54, 1.807) is 29.2 Å². The van der Waals surface area contributed by atoms with Crippen LogP contribution in [-0.2, 0) is 22.7 Å². The summed E-state index contributed by atoms with van der Waals surface area (Å²) in [5.41, 5.74) is 2.10. The Kier molecular flexibility index (Phi) is 8.43. The summed E-state index contributed by atoms with van der Waals surface area (Å²) in [4.78, 5) is 33.4. The average molecular weight is 443 g/mol. The van der Waals surface area contributed by atoms with Gasteiger partial charge in [-0.3, -0.25) is 14.6 Å². The molecule has 1 aromatic carbocycles. The minimum Gasteiger partial charge on any atom is -0.344 e. The van der Waals surface area contributed by atoms with Crippen molar-refractivity contribution in [2.45, 2.75) is 44.8 Å². The van der Waals surface area contributed by atoms with Gasteiger partial charge in [-0.05, 0) is 42.2 Å². The van der Waals surface area contributed by atoms with Crippen LogP contribution in [0, 0.1) is 5.92 Å². The number of nitrogens with one attached hydrogen (secondary N) is 1. The molecule has 1 aromatic heterocycles. The van der Waals surface area contributed by atoms with Crippen LogP contribution in [0.2, 0.25) is 5.02 Å². The molecule has 1 saturated heterocycles. The lowest BCUT2D eigenvalue weighted by molar-refractivity contribution is -0.140. The molecule has 0 unspecified atom stereocenters. The first kappa shape index (κ1) is 23.2. The molecule has 0 saturated carbocycles. The zero-order valence-electron chi connectivity index (χ0n) is 18.3. The van der Waals surface area contributed by atoms with Gasteiger partial charge in [0.25, 0.3) is 0 Å². The van der Waals surface area contributed by atoms with Crippen molar-refractivity contribution >= 4 is 23.4 Å². The Labute approximate surface area is 189 Å². The molecule has 0 bridgehead atoms. The number of amides is 2. The van der Waals surface area contributed by atoms with Crippen LogP contribution in [0.15, 0.2) is 48.8 Å². The van der Waals surface area contributed by atoms with Crippen molar-refractivity contribution in [3.8, 4) is 0 Å². The number of pyridine rings is 1. The minimum atomic E-state index is -0.289. The average Bonchev–Trinajstić information content (AvgIpc) is 2.82. The van der Waals surface area contributed by atoms with Gasteiger partial charge in [0.2, 0.25) is 11.8 Å². The predicted octanol–water partition coefficient (Wildman–Crippen LogP) is 3.50. The number of hydrogen-bond acceptors (Lipinski definition) is 4. The Hall–Kier alpha value is -2.44. The van der Waals surface area contributed by atoms with E-state index >= 15 is 0 Å². The number of aromatic nitrogens is 1. The highest BCUT2D eigenvalue weighted by molar-refractivity contribution is 6.30. The molecule has 2 heterocycles. The highest BCUT2D eigenvalue weighted by Gasteiger charge is 2.28. The summed E-state index contributed by atoms with van der Waals surface area (Å²) in [6.07, 6.45) is 6.26. The molecule has 0 spiro atoms. The number of benzene rings is 1. The van der Waals surface area contributed by atoms with Crippen LogP contribution < -0.4 is 5.32 Å². The number of hydrogen-bond donors (Lipinski definition) is 1. The van der Waals surface area contributed by atoms with E-state index in [1.165, 1.54) is 0 Å². The molecular formula is C24H31ClN4O2. The Balaban J connectivity index is 1.59. The van der Waals surface area contributed by atoms with Gasteiger partial charge in [0.05, 0.1) is 0 Å². The van der Waals surface area contributed by atoms with E-state index in [-0.39, 0.29) is 30.2 Å². The molecule has 1 N–H and O–H groups in total. The molecule has 1 aliphatic rings. The predicted molar refractivity (Wildman–Crippen MR) is 122 cm³/mol. The van der Waals surface area contributed by atoms with Crippen LogP contribution >= 0.6 is 11.6 Å². The second-order valence-corrected chi connectivity index (χ2v) is 8.81. The first-order valence-corrected chi connectivity index (χ1v) is 11.2. The molecule has 6 nitrogen and oxygen atoms in total. The van der Waals surface area contributed by atoms with Gasteiger partial charge < -0.3 is 15.1 Å². The molecule has 0 aliphatic carbocycles. The van der Waals surface area contributed by atoms with E-state index in [9.17, 15) is 9.59 Å². The van der Waals surface area contributed by atoms with E-state index in [0.29, 0.717) is 26.1 Å². The van der Waals surface area contributed by atoms with Crippen LogP contribution in [0.4, 0.5) is 0 Å². The van der Waals surface area contributed by atoms with Crippen LogP contribution in [0.5, 0.6) is 0 Å². The summed E-state index contributed by atoms with van der Waals surface area (Å²) in [5, 5.41) is 4.28. The smallest absolute Gasteiger partial charge is 0.226 e. The molecule has 0 radical (unpaired) electrons. The molecule has 166 valence electrons. The quantitative estimate of drug-likeness (QED) is 0.743. The van der Waals surface area contributed by atoms with Crippen LogP contribution in [0.25, 0.3) is 0 Å². The number of likely N-dealkylation sites (N-methyl/N-ethyl adjacent to an activating group) is 1. The summed E-state index contributed by atoms with van der Waals surface area (Å²) in [6.45, 7) is 1.83. The van der Waals surface area contributed by atoms with Gasteiger partial charge in [-0.1, -0.05) is 36.2 Å². The van der Waals surface area contributed by atoms with Crippen molar-refractivity contribution < 1.29 is 9.59 Å². The van der Waals surface area contributed by atoms with Crippen LogP contribution in [0.3, 0.4) is 0 Å². The highest BCUT2D eigenvalue weighted by atomic mass is 35.5. The molecule has 7 heteroatoms. The Morgan fingerprint density at radius 1 is 1.26 bits per heavy atom. The van der Waals surface area contributed by atoms with E-state index < -0.39 is 0 Å². The summed E-state index contributed by atoms with van der Waals surface area (Å²) in [5.74, 6) is -0.246. The SMILES string of the molecule is CN1C[C@H](NCc2cccc(Cl)c2)CCC[C@@H](C(=O)N(C)Cc2cccnc2)CC1=O. The van der Waals surface area contributed by atoms with Gasteiger partial charge in [-0.2, -0.15) is 0 Å². The second-order valence-electron chi connectivity index (χ2n) is 8.37. The molecule has 31 heavy (non-hydrogen) atoms. The maximum Gasteiger partial charge on any atom is 0.226 e. The fourth-order valence-electron chi connectivity index (χ4n) is 4.04. The van der Waals surface area contributed by atoms with Gasteiger partial charge in [-0.15, -0.1) is 0 Å². The normalized spacial score (nSPS) is 20.0. The van der Waals surface area contributed by atoms with Crippen molar-refractivity contribution in [2.75, 3.05) is 20.6 Å². The monoisotopic (exact) mass is 442 g/mol. The van der Waals surface area contributed by atoms with Gasteiger partial charge in [0, 0.05) is 69.5 Å². The highest BCUT2D eigenvalue weighted by Crippen LogP contribution is 2.21. The lowest BCUT2D eigenvalue weighted by Crippen LogP contribution is -2.42. The van der Waals surface area contributed by atoms with E-state index in [4.69, 9.17) is 11.6 Å². The zero-order chi connectivity index (χ0) is 22.2. The number of nitrogens with zero attached hydrogens (tertiary/aromatic N) is 3. The first-order chi connectivity index (χ1) is 14.9. The Morgan fingerprint density at radius 3 is 2.81 bits per heavy atom. The van der Waals surface area contributed by atoms with Crippen molar-refractivity contribution in [1.29, 1.82) is 0 Å². The Morgan fingerprint density at radius 2 is 2.06 bits per heavy atom. The lowest BCUT2D eigenvalue weighted by Gasteiger charge is -2.25. The third kappa shape index (κ3) is 7.04. The number of halogens is 1. The molecular weight excluding hydrogens is 412 g/mol. The van der Waals surface area contributed by atoms with Gasteiger partial charge in [0.1, 0.15) is 0 Å². The number of carbonyl (C=O) groups is 2. The standard InChI is InChI=1S/C24H31ClN4O2/c1-28-17-22(27-15-18-6-3-9-21(25)12-18)10-4-8-20(13-23(28)30)24(31)29(2)16-19-7-5-11-26-14-19/h3,5-7,9,11-12,14,20,22,27H,4,8,10,13,15-17H2,1-2H3/t20-,22-/m1/s1. The lowest BCUT2D eigenvalue weighted by atomic mass is 9.95. The zero-order valence-corrected chi connectivity index (χ0v) is 19.0. The fraction of sp³-hybridized carbons (Fsp3) is 0.458. The summed E-state index contributed by atoms with van der Waals surface area (Å²) in [7, 11) is 3.62. The summed E-state index contributed by atoms with van der Waals surface area (Å²) < 4.78 is 0. The maximum absolute atomic E-state index is 13.1. The molecule has 1 fully saturated rings. The van der Waals surface area contributed by atoms with Gasteiger partial charge in [0.15, 0.2) is 0 Å². The second kappa shape index (κ2) is 11.3. The van der Waals surface area contributed by atoms with Crippen molar-refractivity contribution in [3.05, 3.63) is 64.9 Å². The molecule has 2 atom stereocenters. The van der Waals surface area contributed by atoms with Crippen LogP contribution in [0.1, 0.15) is 36.8 Å². The van der Waals surface area contributed by atoms with E-state index in [0.717, 1.165) is 29.0 Å². The Bertz CT molecular complexity index is 877. The first-order valence-electron chi connectivity index (χ1n) is 10.8. The van der Waals surface area contributed by atoms with Gasteiger partial charge >= 0.3 is 0 Å². The third-order valence-electron chi connectivity index (χ3n) is 5.80. The van der Waals surface area contributed by atoms with Crippen molar-refractivity contribution in [1.82, 2.24) is 20.1 Å². The fourth-order valence-corrected chi connectivity index (χ4v) is 4.26. The largest absolute Gasteiger partial charge is 0.344 e. The molecule has 2 aromatic rings. The summed E-state index contributed by atoms with van der Waals surface area (Å²) >= 11 is 6.08. The number of rotatable bonds is 6. The topological polar surface area (TPSA) is 65.5 Å². The third-order valence-corrected chi connectivity index (χ3v) is 6.03. The van der Waals surface area contributed by atoms with Crippen LogP contribution in [-0.4, -0.2) is 53.3 Å². The van der Waals surface area contributed by atoms with Crippen molar-refractivity contribution in [3.63, 3.8) is 0 Å². The van der Waals surface area contributed by atoms with Crippen molar-refractivity contribution in [2.24, 2.45) is 5.92 Å². The minimum absolute atomic E-state index is 0.0181. The molecule has 1 aliphatic heterocycles. The van der Waals surface area contributed by atoms with E-state index in [1.807, 2.05) is 43.4 Å². The van der Waals surface area contributed by atoms with Gasteiger partial charge in [-0.25, -0.2) is 0 Å². The summed E-state index contributed by atoms with van der Waals surface area (Å²) in [6, 6.07) is 11.8.